The summed E-state index contributed by atoms with van der Waals surface area (Å²) in [6, 6.07) is 6.40. The number of benzene rings is 1. The molecule has 5 heteroatoms. The Balaban J connectivity index is 1.57. The van der Waals surface area contributed by atoms with E-state index in [9.17, 15) is 4.39 Å². The third-order valence-corrected chi connectivity index (χ3v) is 5.80. The van der Waals surface area contributed by atoms with Gasteiger partial charge in [0.2, 0.25) is 0 Å². The third kappa shape index (κ3) is 4.33. The van der Waals surface area contributed by atoms with Crippen LogP contribution in [0.15, 0.2) is 18.2 Å². The molecule has 2 aliphatic heterocycles. The number of hydrogen-bond acceptors (Lipinski definition) is 4. The second-order valence-corrected chi connectivity index (χ2v) is 8.47. The van der Waals surface area contributed by atoms with Gasteiger partial charge in [-0.3, -0.25) is 9.80 Å². The van der Waals surface area contributed by atoms with Crippen LogP contribution in [-0.2, 0) is 5.41 Å². The van der Waals surface area contributed by atoms with Crippen LogP contribution in [0.4, 0.5) is 10.1 Å². The van der Waals surface area contributed by atoms with E-state index in [-0.39, 0.29) is 11.2 Å². The summed E-state index contributed by atoms with van der Waals surface area (Å²) >= 11 is 0. The summed E-state index contributed by atoms with van der Waals surface area (Å²) in [5, 5.41) is 0. The summed E-state index contributed by atoms with van der Waals surface area (Å²) in [4.78, 5) is 7.12. The van der Waals surface area contributed by atoms with Crippen molar-refractivity contribution in [1.29, 1.82) is 0 Å². The lowest BCUT2D eigenvalue weighted by Crippen LogP contribution is -2.54. The first kappa shape index (κ1) is 18.6. The third-order valence-electron chi connectivity index (χ3n) is 5.80. The largest absolute Gasteiger partial charge is 0.369 e. The number of anilines is 1. The molecule has 2 aliphatic rings. The Kier molecular flexibility index (Phi) is 5.66. The minimum absolute atomic E-state index is 0.0158. The number of nitrogens with two attached hydrogens (primary N) is 1. The number of hydrogen-bond donors (Lipinski definition) is 1. The molecule has 2 saturated heterocycles. The quantitative estimate of drug-likeness (QED) is 0.911. The van der Waals surface area contributed by atoms with E-state index in [0.29, 0.717) is 12.7 Å². The average molecular weight is 349 g/mol. The summed E-state index contributed by atoms with van der Waals surface area (Å²) in [7, 11) is 0. The molecule has 0 aromatic heterocycles. The monoisotopic (exact) mass is 348 g/mol. The van der Waals surface area contributed by atoms with Gasteiger partial charge in [0.1, 0.15) is 5.82 Å². The second-order valence-electron chi connectivity index (χ2n) is 8.47. The van der Waals surface area contributed by atoms with Crippen LogP contribution in [0.2, 0.25) is 0 Å². The summed E-state index contributed by atoms with van der Waals surface area (Å²) in [5.41, 5.74) is 7.53. The van der Waals surface area contributed by atoms with Gasteiger partial charge < -0.3 is 10.6 Å². The topological polar surface area (TPSA) is 35.7 Å². The highest BCUT2D eigenvalue weighted by atomic mass is 19.1. The molecule has 0 unspecified atom stereocenters. The molecular weight excluding hydrogens is 315 g/mol. The van der Waals surface area contributed by atoms with E-state index in [2.05, 4.69) is 41.5 Å². The lowest BCUT2D eigenvalue weighted by atomic mass is 9.87. The number of halogens is 1. The first-order chi connectivity index (χ1) is 11.9. The molecule has 2 fully saturated rings. The Morgan fingerprint density at radius 1 is 1.04 bits per heavy atom. The molecule has 0 radical (unpaired) electrons. The van der Waals surface area contributed by atoms with Crippen molar-refractivity contribution in [3.05, 3.63) is 29.6 Å². The molecule has 0 spiro atoms. The van der Waals surface area contributed by atoms with Crippen LogP contribution >= 0.6 is 0 Å². The van der Waals surface area contributed by atoms with Crippen LogP contribution < -0.4 is 10.6 Å². The van der Waals surface area contributed by atoms with Crippen LogP contribution in [-0.4, -0.2) is 61.8 Å². The minimum Gasteiger partial charge on any atom is -0.369 e. The molecule has 1 aromatic rings. The van der Waals surface area contributed by atoms with Crippen molar-refractivity contribution in [2.75, 3.05) is 50.8 Å². The fourth-order valence-electron chi connectivity index (χ4n) is 4.01. The SMILES string of the molecule is CC(C)(C)c1ccc(N2CCC(N3CCN(CN)CC3)CC2)c(F)c1. The number of nitrogens with zero attached hydrogens (tertiary/aromatic N) is 3. The second kappa shape index (κ2) is 7.60. The summed E-state index contributed by atoms with van der Waals surface area (Å²) in [5.74, 6) is -0.0811. The summed E-state index contributed by atoms with van der Waals surface area (Å²) in [6.45, 7) is 13.3. The van der Waals surface area contributed by atoms with Gasteiger partial charge in [0.25, 0.3) is 0 Å². The maximum atomic E-state index is 14.6. The Morgan fingerprint density at radius 2 is 1.68 bits per heavy atom. The Morgan fingerprint density at radius 3 is 2.20 bits per heavy atom. The van der Waals surface area contributed by atoms with E-state index in [1.807, 2.05) is 6.07 Å². The number of piperidine rings is 1. The fraction of sp³-hybridized carbons (Fsp3) is 0.700. The first-order valence-electron chi connectivity index (χ1n) is 9.60. The van der Waals surface area contributed by atoms with Crippen LogP contribution in [0.25, 0.3) is 0 Å². The van der Waals surface area contributed by atoms with Crippen molar-refractivity contribution in [3.8, 4) is 0 Å². The molecule has 1 aromatic carbocycles. The lowest BCUT2D eigenvalue weighted by Gasteiger charge is -2.43. The fourth-order valence-corrected chi connectivity index (χ4v) is 4.01. The van der Waals surface area contributed by atoms with Gasteiger partial charge in [0.05, 0.1) is 5.69 Å². The maximum Gasteiger partial charge on any atom is 0.146 e. The van der Waals surface area contributed by atoms with Gasteiger partial charge in [-0.2, -0.15) is 0 Å². The van der Waals surface area contributed by atoms with Crippen LogP contribution in [0.1, 0.15) is 39.2 Å². The molecule has 0 amide bonds. The highest BCUT2D eigenvalue weighted by molar-refractivity contribution is 5.50. The van der Waals surface area contributed by atoms with Gasteiger partial charge in [0, 0.05) is 52.0 Å². The van der Waals surface area contributed by atoms with Gasteiger partial charge in [-0.1, -0.05) is 26.8 Å². The zero-order valence-corrected chi connectivity index (χ0v) is 16.0. The molecule has 0 bridgehead atoms. The molecule has 140 valence electrons. The van der Waals surface area contributed by atoms with Gasteiger partial charge in [-0.05, 0) is 36.0 Å². The zero-order chi connectivity index (χ0) is 18.0. The molecular formula is C20H33FN4. The van der Waals surface area contributed by atoms with E-state index in [0.717, 1.165) is 63.4 Å². The molecule has 25 heavy (non-hydrogen) atoms. The highest BCUT2D eigenvalue weighted by Gasteiger charge is 2.28. The van der Waals surface area contributed by atoms with Crippen molar-refractivity contribution in [2.24, 2.45) is 5.73 Å². The van der Waals surface area contributed by atoms with E-state index in [4.69, 9.17) is 5.73 Å². The Bertz CT molecular complexity index is 568. The van der Waals surface area contributed by atoms with E-state index in [1.165, 1.54) is 0 Å². The van der Waals surface area contributed by atoms with Crippen molar-refractivity contribution in [1.82, 2.24) is 9.80 Å². The Labute approximate surface area is 151 Å². The number of rotatable bonds is 3. The first-order valence-corrected chi connectivity index (χ1v) is 9.60. The average Bonchev–Trinajstić information content (AvgIpc) is 2.61. The van der Waals surface area contributed by atoms with Crippen LogP contribution in [0.3, 0.4) is 0 Å². The van der Waals surface area contributed by atoms with Crippen molar-refractivity contribution in [2.45, 2.75) is 45.1 Å². The van der Waals surface area contributed by atoms with Gasteiger partial charge in [0.15, 0.2) is 0 Å². The molecule has 0 aliphatic carbocycles. The predicted octanol–water partition coefficient (Wildman–Crippen LogP) is 2.63. The summed E-state index contributed by atoms with van der Waals surface area (Å²) < 4.78 is 14.6. The highest BCUT2D eigenvalue weighted by Crippen LogP contribution is 2.30. The normalized spacial score (nSPS) is 21.7. The van der Waals surface area contributed by atoms with Gasteiger partial charge >= 0.3 is 0 Å². The smallest absolute Gasteiger partial charge is 0.146 e. The van der Waals surface area contributed by atoms with Crippen LogP contribution in [0, 0.1) is 5.82 Å². The van der Waals surface area contributed by atoms with Crippen molar-refractivity contribution in [3.63, 3.8) is 0 Å². The van der Waals surface area contributed by atoms with Gasteiger partial charge in [-0.25, -0.2) is 4.39 Å². The molecule has 4 nitrogen and oxygen atoms in total. The maximum absolute atomic E-state index is 14.6. The minimum atomic E-state index is -0.0811. The molecule has 0 atom stereocenters. The Hall–Kier alpha value is -1.17. The standard InChI is InChI=1S/C20H33FN4/c1-20(2,3)16-4-5-19(18(21)14-16)25-8-6-17(7-9-25)24-12-10-23(15-22)11-13-24/h4-5,14,17H,6-13,15,22H2,1-3H3. The van der Waals surface area contributed by atoms with Crippen molar-refractivity contribution < 1.29 is 4.39 Å². The molecule has 3 rings (SSSR count). The zero-order valence-electron chi connectivity index (χ0n) is 16.0. The van der Waals surface area contributed by atoms with Crippen molar-refractivity contribution >= 4 is 5.69 Å². The van der Waals surface area contributed by atoms with Crippen LogP contribution in [0.5, 0.6) is 0 Å². The predicted molar refractivity (Wildman–Crippen MR) is 103 cm³/mol. The summed E-state index contributed by atoms with van der Waals surface area (Å²) in [6.07, 6.45) is 2.23. The molecule has 0 saturated carbocycles. The molecule has 2 heterocycles. The lowest BCUT2D eigenvalue weighted by molar-refractivity contribution is 0.0863. The molecule has 2 N–H and O–H groups in total. The number of piperazine rings is 1. The van der Waals surface area contributed by atoms with E-state index < -0.39 is 0 Å². The van der Waals surface area contributed by atoms with E-state index >= 15 is 0 Å². The van der Waals surface area contributed by atoms with E-state index in [1.54, 1.807) is 6.07 Å². The van der Waals surface area contributed by atoms with Gasteiger partial charge in [-0.15, -0.1) is 0 Å².